The van der Waals surface area contributed by atoms with Crippen molar-refractivity contribution in [2.75, 3.05) is 5.32 Å². The molecule has 3 nitrogen and oxygen atoms in total. The molecule has 1 aromatic carbocycles. The molecule has 0 saturated heterocycles. The largest absolute Gasteiger partial charge is 0.353 e. The summed E-state index contributed by atoms with van der Waals surface area (Å²) in [5, 5.41) is 3.36. The van der Waals surface area contributed by atoms with Crippen molar-refractivity contribution in [3.8, 4) is 0 Å². The van der Waals surface area contributed by atoms with Crippen molar-refractivity contribution >= 4 is 17.6 Å². The molecule has 0 radical (unpaired) electrons. The predicted molar refractivity (Wildman–Crippen MR) is 74.2 cm³/mol. The molecular weight excluding hydrogens is 222 g/mol. The average molecular weight is 235 g/mol. The Morgan fingerprint density at radius 1 is 1.11 bits per heavy atom. The van der Waals surface area contributed by atoms with E-state index in [1.54, 1.807) is 6.20 Å². The van der Waals surface area contributed by atoms with Crippen LogP contribution in [0.5, 0.6) is 0 Å². The first-order chi connectivity index (χ1) is 8.92. The summed E-state index contributed by atoms with van der Waals surface area (Å²) in [7, 11) is 0. The number of fused-ring (bicyclic) bond motifs is 1. The molecule has 88 valence electrons. The van der Waals surface area contributed by atoms with E-state index in [1.807, 2.05) is 42.7 Å². The second kappa shape index (κ2) is 4.84. The number of aromatic nitrogens is 1. The second-order valence-corrected chi connectivity index (χ2v) is 4.13. The van der Waals surface area contributed by atoms with Gasteiger partial charge >= 0.3 is 0 Å². The van der Waals surface area contributed by atoms with Gasteiger partial charge in [0.1, 0.15) is 0 Å². The molecule has 18 heavy (non-hydrogen) atoms. The molecule has 0 aliphatic carbocycles. The van der Waals surface area contributed by atoms with Gasteiger partial charge in [-0.2, -0.15) is 0 Å². The number of para-hydroxylation sites is 2. The Kier molecular flexibility index (Phi) is 2.88. The zero-order chi connectivity index (χ0) is 12.2. The number of pyridine rings is 1. The number of nitrogens with zero attached hydrogens (tertiary/aromatic N) is 2. The Hall–Kier alpha value is -2.42. The third-order valence-corrected chi connectivity index (χ3v) is 2.81. The van der Waals surface area contributed by atoms with Gasteiger partial charge in [0.25, 0.3) is 0 Å². The lowest BCUT2D eigenvalue weighted by molar-refractivity contribution is 1.18. The fraction of sp³-hybridized carbons (Fsp3) is 0.0667. The van der Waals surface area contributed by atoms with Crippen LogP contribution in [0.25, 0.3) is 0 Å². The van der Waals surface area contributed by atoms with Gasteiger partial charge < -0.3 is 5.32 Å². The van der Waals surface area contributed by atoms with E-state index in [0.717, 1.165) is 23.5 Å². The molecule has 3 rings (SSSR count). The Bertz CT molecular complexity index is 600. The molecule has 1 aliphatic heterocycles. The molecule has 2 aromatic rings. The van der Waals surface area contributed by atoms with E-state index in [1.165, 1.54) is 5.56 Å². The fourth-order valence-corrected chi connectivity index (χ4v) is 1.87. The molecule has 2 heterocycles. The minimum absolute atomic E-state index is 0.852. The quantitative estimate of drug-likeness (QED) is 0.866. The van der Waals surface area contributed by atoms with Crippen LogP contribution in [0.1, 0.15) is 5.56 Å². The van der Waals surface area contributed by atoms with Crippen LogP contribution in [-0.2, 0) is 6.42 Å². The molecule has 0 spiro atoms. The van der Waals surface area contributed by atoms with Gasteiger partial charge in [-0.1, -0.05) is 24.3 Å². The summed E-state index contributed by atoms with van der Waals surface area (Å²) in [5.74, 6) is 0. The number of hydrogen-bond acceptors (Lipinski definition) is 3. The van der Waals surface area contributed by atoms with E-state index in [9.17, 15) is 0 Å². The summed E-state index contributed by atoms with van der Waals surface area (Å²) < 4.78 is 0. The summed E-state index contributed by atoms with van der Waals surface area (Å²) >= 11 is 0. The molecule has 0 fully saturated rings. The number of benzene rings is 1. The standard InChI is InChI=1S/C15H13N3/c1-2-6-15-14(5-1)17-11-13(18-15)8-7-12-4-3-9-16-10-12/h1-6,8-11,18H,7H2/b13-8+. The molecule has 1 aromatic heterocycles. The Labute approximate surface area is 106 Å². The van der Waals surface area contributed by atoms with Gasteiger partial charge in [0.15, 0.2) is 0 Å². The zero-order valence-corrected chi connectivity index (χ0v) is 9.88. The van der Waals surface area contributed by atoms with E-state index < -0.39 is 0 Å². The summed E-state index contributed by atoms with van der Waals surface area (Å²) in [6, 6.07) is 12.0. The molecule has 0 atom stereocenters. The summed E-state index contributed by atoms with van der Waals surface area (Å²) in [6.45, 7) is 0. The molecule has 3 heteroatoms. The van der Waals surface area contributed by atoms with Crippen molar-refractivity contribution in [3.63, 3.8) is 0 Å². The molecule has 0 amide bonds. The highest BCUT2D eigenvalue weighted by atomic mass is 15.0. The molecular formula is C15H13N3. The highest BCUT2D eigenvalue weighted by molar-refractivity contribution is 5.92. The predicted octanol–water partition coefficient (Wildman–Crippen LogP) is 3.34. The van der Waals surface area contributed by atoms with Crippen molar-refractivity contribution in [2.45, 2.75) is 6.42 Å². The Morgan fingerprint density at radius 2 is 2.06 bits per heavy atom. The van der Waals surface area contributed by atoms with Crippen LogP contribution < -0.4 is 5.32 Å². The number of anilines is 1. The highest BCUT2D eigenvalue weighted by Crippen LogP contribution is 2.28. The fourth-order valence-electron chi connectivity index (χ4n) is 1.87. The SMILES string of the molecule is C1=Nc2ccccc2N/C1=C/Cc1cccnc1. The number of aliphatic imine (C=N–C) groups is 1. The topological polar surface area (TPSA) is 37.3 Å². The van der Waals surface area contributed by atoms with E-state index >= 15 is 0 Å². The van der Waals surface area contributed by atoms with Crippen LogP contribution in [0, 0.1) is 0 Å². The summed E-state index contributed by atoms with van der Waals surface area (Å²) in [6.07, 6.45) is 8.50. The first-order valence-electron chi connectivity index (χ1n) is 5.91. The van der Waals surface area contributed by atoms with Gasteiger partial charge in [-0.05, 0) is 30.2 Å². The zero-order valence-electron chi connectivity index (χ0n) is 9.88. The van der Waals surface area contributed by atoms with Crippen LogP contribution in [0.2, 0.25) is 0 Å². The lowest BCUT2D eigenvalue weighted by atomic mass is 10.1. The minimum Gasteiger partial charge on any atom is -0.353 e. The van der Waals surface area contributed by atoms with Crippen molar-refractivity contribution in [2.24, 2.45) is 4.99 Å². The van der Waals surface area contributed by atoms with Gasteiger partial charge in [-0.3, -0.25) is 9.98 Å². The van der Waals surface area contributed by atoms with Gasteiger partial charge in [-0.15, -0.1) is 0 Å². The first kappa shape index (κ1) is 10.7. The van der Waals surface area contributed by atoms with Gasteiger partial charge in [-0.25, -0.2) is 0 Å². The number of hydrogen-bond donors (Lipinski definition) is 1. The molecule has 1 aliphatic rings. The number of nitrogens with one attached hydrogen (secondary N) is 1. The van der Waals surface area contributed by atoms with Gasteiger partial charge in [0, 0.05) is 12.4 Å². The maximum atomic E-state index is 4.42. The normalized spacial score (nSPS) is 15.2. The number of rotatable bonds is 2. The van der Waals surface area contributed by atoms with Crippen LogP contribution in [0.15, 0.2) is 65.6 Å². The Morgan fingerprint density at radius 3 is 2.94 bits per heavy atom. The molecule has 0 saturated carbocycles. The van der Waals surface area contributed by atoms with Gasteiger partial charge in [0.2, 0.25) is 0 Å². The van der Waals surface area contributed by atoms with Gasteiger partial charge in [0.05, 0.1) is 23.3 Å². The van der Waals surface area contributed by atoms with Crippen LogP contribution in [-0.4, -0.2) is 11.2 Å². The third-order valence-electron chi connectivity index (χ3n) is 2.81. The maximum absolute atomic E-state index is 4.42. The summed E-state index contributed by atoms with van der Waals surface area (Å²) in [4.78, 5) is 8.52. The van der Waals surface area contributed by atoms with E-state index in [0.29, 0.717) is 0 Å². The van der Waals surface area contributed by atoms with Crippen LogP contribution in [0.4, 0.5) is 11.4 Å². The molecule has 0 unspecified atom stereocenters. The van der Waals surface area contributed by atoms with Crippen molar-refractivity contribution < 1.29 is 0 Å². The lowest BCUT2D eigenvalue weighted by Gasteiger charge is -2.14. The maximum Gasteiger partial charge on any atom is 0.0865 e. The third kappa shape index (κ3) is 2.30. The summed E-state index contributed by atoms with van der Waals surface area (Å²) in [5.41, 5.74) is 4.25. The van der Waals surface area contributed by atoms with E-state index in [4.69, 9.17) is 0 Å². The van der Waals surface area contributed by atoms with Crippen molar-refractivity contribution in [1.82, 2.24) is 4.98 Å². The second-order valence-electron chi connectivity index (χ2n) is 4.13. The van der Waals surface area contributed by atoms with Crippen LogP contribution >= 0.6 is 0 Å². The highest BCUT2D eigenvalue weighted by Gasteiger charge is 2.06. The molecule has 0 bridgehead atoms. The van der Waals surface area contributed by atoms with Crippen molar-refractivity contribution in [3.05, 3.63) is 66.1 Å². The van der Waals surface area contributed by atoms with Crippen molar-refractivity contribution in [1.29, 1.82) is 0 Å². The van der Waals surface area contributed by atoms with Crippen LogP contribution in [0.3, 0.4) is 0 Å². The molecule has 1 N–H and O–H groups in total. The first-order valence-corrected chi connectivity index (χ1v) is 5.91. The number of allylic oxidation sites excluding steroid dienone is 2. The average Bonchev–Trinajstić information content (AvgIpc) is 2.46. The van der Waals surface area contributed by atoms with E-state index in [2.05, 4.69) is 27.4 Å². The Balaban J connectivity index is 1.77. The lowest BCUT2D eigenvalue weighted by Crippen LogP contribution is -2.05. The smallest absolute Gasteiger partial charge is 0.0865 e. The minimum atomic E-state index is 0.852. The monoisotopic (exact) mass is 235 g/mol. The van der Waals surface area contributed by atoms with E-state index in [-0.39, 0.29) is 0 Å².